The number of nitro benzene ring substituents is 1. The van der Waals surface area contributed by atoms with E-state index in [9.17, 15) is 23.3 Å². The summed E-state index contributed by atoms with van der Waals surface area (Å²) in [6.45, 7) is 1.58. The number of carbonyl (C=O) groups excluding carboxylic acids is 1. The molecule has 0 bridgehead atoms. The van der Waals surface area contributed by atoms with Crippen LogP contribution in [0.15, 0.2) is 106 Å². The van der Waals surface area contributed by atoms with Gasteiger partial charge in [0.25, 0.3) is 5.69 Å². The lowest BCUT2D eigenvalue weighted by atomic mass is 9.84. The molecule has 38 heavy (non-hydrogen) atoms. The van der Waals surface area contributed by atoms with Crippen molar-refractivity contribution in [2.24, 2.45) is 4.99 Å². The normalized spacial score (nSPS) is 17.5. The Balaban J connectivity index is 1.91. The van der Waals surface area contributed by atoms with Gasteiger partial charge in [-0.25, -0.2) is 18.2 Å². The minimum atomic E-state index is -4.13. The molecule has 0 spiro atoms. The molecular formula is C28H27N3O6S. The van der Waals surface area contributed by atoms with E-state index in [1.165, 1.54) is 30.3 Å². The van der Waals surface area contributed by atoms with E-state index in [1.807, 2.05) is 18.2 Å². The summed E-state index contributed by atoms with van der Waals surface area (Å²) < 4.78 is 33.9. The number of amidine groups is 1. The van der Waals surface area contributed by atoms with Crippen LogP contribution < -0.4 is 0 Å². The van der Waals surface area contributed by atoms with Crippen molar-refractivity contribution >= 4 is 27.3 Å². The maximum absolute atomic E-state index is 14.1. The molecule has 9 nitrogen and oxygen atoms in total. The number of nitrogens with zero attached hydrogens (tertiary/aromatic N) is 3. The molecule has 1 heterocycles. The minimum Gasteiger partial charge on any atom is -0.457 e. The fraction of sp³-hybridized carbons (Fsp3) is 0.214. The number of hydrogen-bond donors (Lipinski definition) is 0. The van der Waals surface area contributed by atoms with Crippen molar-refractivity contribution in [1.82, 2.24) is 4.90 Å². The number of aliphatic imine (C=N–C) groups is 1. The highest BCUT2D eigenvalue weighted by Gasteiger charge is 2.47. The van der Waals surface area contributed by atoms with Crippen LogP contribution in [-0.4, -0.2) is 49.4 Å². The third kappa shape index (κ3) is 5.35. The first kappa shape index (κ1) is 26.7. The van der Waals surface area contributed by atoms with E-state index in [0.717, 1.165) is 5.56 Å². The van der Waals surface area contributed by atoms with Gasteiger partial charge in [0.15, 0.2) is 9.84 Å². The van der Waals surface area contributed by atoms with Gasteiger partial charge in [-0.05, 0) is 30.2 Å². The van der Waals surface area contributed by atoms with E-state index in [-0.39, 0.29) is 34.3 Å². The molecule has 0 aliphatic carbocycles. The van der Waals surface area contributed by atoms with Crippen molar-refractivity contribution in [3.05, 3.63) is 117 Å². The third-order valence-corrected chi connectivity index (χ3v) is 8.36. The van der Waals surface area contributed by atoms with E-state index in [0.29, 0.717) is 5.56 Å². The van der Waals surface area contributed by atoms with Crippen LogP contribution in [0.2, 0.25) is 0 Å². The van der Waals surface area contributed by atoms with Crippen LogP contribution in [0.5, 0.6) is 0 Å². The van der Waals surface area contributed by atoms with Crippen molar-refractivity contribution in [3.8, 4) is 0 Å². The number of non-ortho nitro benzene ring substituents is 1. The van der Waals surface area contributed by atoms with Crippen LogP contribution in [-0.2, 0) is 26.0 Å². The molecule has 0 saturated heterocycles. The predicted octanol–water partition coefficient (Wildman–Crippen LogP) is 4.51. The van der Waals surface area contributed by atoms with Crippen LogP contribution in [0.1, 0.15) is 24.0 Å². The van der Waals surface area contributed by atoms with Gasteiger partial charge in [0.1, 0.15) is 17.7 Å². The van der Waals surface area contributed by atoms with E-state index in [4.69, 9.17) is 4.74 Å². The highest BCUT2D eigenvalue weighted by Crippen LogP contribution is 2.42. The molecule has 0 N–H and O–H groups in total. The Hall–Kier alpha value is -4.31. The number of sulfone groups is 1. The largest absolute Gasteiger partial charge is 0.457 e. The summed E-state index contributed by atoms with van der Waals surface area (Å²) in [6.07, 6.45) is 0. The molecule has 1 aliphatic heterocycles. The van der Waals surface area contributed by atoms with Crippen molar-refractivity contribution in [2.75, 3.05) is 14.1 Å². The molecule has 0 fully saturated rings. The van der Waals surface area contributed by atoms with Crippen LogP contribution in [0.4, 0.5) is 5.69 Å². The smallest absolute Gasteiger partial charge is 0.336 e. The zero-order valence-corrected chi connectivity index (χ0v) is 22.0. The lowest BCUT2D eigenvalue weighted by Crippen LogP contribution is -2.47. The van der Waals surface area contributed by atoms with Crippen molar-refractivity contribution in [3.63, 3.8) is 0 Å². The monoisotopic (exact) mass is 533 g/mol. The molecule has 196 valence electrons. The average molecular weight is 534 g/mol. The fourth-order valence-corrected chi connectivity index (χ4v) is 6.52. The first-order valence-corrected chi connectivity index (χ1v) is 13.4. The number of benzene rings is 3. The lowest BCUT2D eigenvalue weighted by molar-refractivity contribution is -0.384. The fourth-order valence-electron chi connectivity index (χ4n) is 4.50. The molecule has 1 aliphatic rings. The highest BCUT2D eigenvalue weighted by molar-refractivity contribution is 7.93. The first-order chi connectivity index (χ1) is 18.1. The Bertz CT molecular complexity index is 1520. The van der Waals surface area contributed by atoms with Crippen molar-refractivity contribution in [1.29, 1.82) is 0 Å². The number of carbonyl (C=O) groups is 1. The molecule has 2 unspecified atom stereocenters. The number of nitro groups is 1. The zero-order chi connectivity index (χ0) is 27.4. The molecule has 4 rings (SSSR count). The van der Waals surface area contributed by atoms with Gasteiger partial charge in [-0.3, -0.25) is 10.1 Å². The summed E-state index contributed by atoms with van der Waals surface area (Å²) in [5, 5.41) is 10.3. The Morgan fingerprint density at radius 1 is 1.00 bits per heavy atom. The van der Waals surface area contributed by atoms with Gasteiger partial charge < -0.3 is 9.64 Å². The molecule has 0 radical (unpaired) electrons. The van der Waals surface area contributed by atoms with Crippen LogP contribution in [0.3, 0.4) is 0 Å². The lowest BCUT2D eigenvalue weighted by Gasteiger charge is -2.36. The molecular weight excluding hydrogens is 506 g/mol. The van der Waals surface area contributed by atoms with Crippen LogP contribution >= 0.6 is 0 Å². The second kappa shape index (κ2) is 11.0. The average Bonchev–Trinajstić information content (AvgIpc) is 2.92. The van der Waals surface area contributed by atoms with Gasteiger partial charge in [0.05, 0.1) is 21.1 Å². The standard InChI is InChI=1S/C28H27N3O6S/c1-19-24(28(32)37-18-20-11-6-4-7-12-20)25(21-13-10-14-22(17-21)31(33)34)26(27(29-19)30(2)3)38(35,36)23-15-8-5-9-16-23/h4-17,25-26H,18H2,1-3H3. The topological polar surface area (TPSA) is 119 Å². The first-order valence-electron chi connectivity index (χ1n) is 11.8. The minimum absolute atomic E-state index is 0.0293. The van der Waals surface area contributed by atoms with Gasteiger partial charge in [0.2, 0.25) is 0 Å². The van der Waals surface area contributed by atoms with E-state index < -0.39 is 31.9 Å². The second-order valence-electron chi connectivity index (χ2n) is 9.03. The van der Waals surface area contributed by atoms with Crippen LogP contribution in [0.25, 0.3) is 0 Å². The molecule has 0 saturated carbocycles. The number of rotatable bonds is 7. The van der Waals surface area contributed by atoms with Gasteiger partial charge in [0, 0.05) is 32.1 Å². The van der Waals surface area contributed by atoms with E-state index >= 15 is 0 Å². The van der Waals surface area contributed by atoms with E-state index in [1.54, 1.807) is 62.3 Å². The van der Waals surface area contributed by atoms with Crippen LogP contribution in [0, 0.1) is 10.1 Å². The highest BCUT2D eigenvalue weighted by atomic mass is 32.2. The summed E-state index contributed by atoms with van der Waals surface area (Å²) in [4.78, 5) is 30.8. The Labute approximate surface area is 221 Å². The molecule has 10 heteroatoms. The molecule has 3 aromatic rings. The van der Waals surface area contributed by atoms with E-state index in [2.05, 4.69) is 4.99 Å². The zero-order valence-electron chi connectivity index (χ0n) is 21.1. The predicted molar refractivity (Wildman–Crippen MR) is 143 cm³/mol. The number of allylic oxidation sites excluding steroid dienone is 1. The third-order valence-electron chi connectivity index (χ3n) is 6.28. The quantitative estimate of drug-likeness (QED) is 0.249. The summed E-state index contributed by atoms with van der Waals surface area (Å²) in [6, 6.07) is 22.6. The second-order valence-corrected chi connectivity index (χ2v) is 11.1. The molecule has 0 aromatic heterocycles. The maximum Gasteiger partial charge on any atom is 0.336 e. The summed E-state index contributed by atoms with van der Waals surface area (Å²) in [5.41, 5.74) is 1.15. The Morgan fingerprint density at radius 2 is 1.63 bits per heavy atom. The summed E-state index contributed by atoms with van der Waals surface area (Å²) >= 11 is 0. The molecule has 2 atom stereocenters. The van der Waals surface area contributed by atoms with Crippen molar-refractivity contribution < 1.29 is 22.9 Å². The number of ether oxygens (including phenoxy) is 1. The van der Waals surface area contributed by atoms with Gasteiger partial charge in [-0.2, -0.15) is 0 Å². The number of esters is 1. The molecule has 0 amide bonds. The Morgan fingerprint density at radius 3 is 2.24 bits per heavy atom. The summed E-state index contributed by atoms with van der Waals surface area (Å²) in [5.74, 6) is -1.64. The van der Waals surface area contributed by atoms with Gasteiger partial charge in [-0.1, -0.05) is 60.7 Å². The summed E-state index contributed by atoms with van der Waals surface area (Å²) in [7, 11) is -0.789. The van der Waals surface area contributed by atoms with Crippen molar-refractivity contribution in [2.45, 2.75) is 29.6 Å². The number of hydrogen-bond acceptors (Lipinski definition) is 8. The molecule has 3 aromatic carbocycles. The Kier molecular flexibility index (Phi) is 7.72. The van der Waals surface area contributed by atoms with Gasteiger partial charge >= 0.3 is 5.97 Å². The maximum atomic E-state index is 14.1. The SMILES string of the molecule is CC1=C(C(=O)OCc2ccccc2)C(c2cccc([N+](=O)[O-])c2)C(S(=O)(=O)c2ccccc2)C(N(C)C)=N1. The van der Waals surface area contributed by atoms with Gasteiger partial charge in [-0.15, -0.1) is 0 Å².